The van der Waals surface area contributed by atoms with E-state index in [1.165, 1.54) is 29.7 Å². The van der Waals surface area contributed by atoms with Gasteiger partial charge in [-0.15, -0.1) is 10.2 Å². The zero-order valence-corrected chi connectivity index (χ0v) is 16.2. The highest BCUT2D eigenvalue weighted by molar-refractivity contribution is 5.63. The van der Waals surface area contributed by atoms with Crippen LogP contribution in [0.25, 0.3) is 17.2 Å². The fraction of sp³-hybridized carbons (Fsp3) is 0.476. The van der Waals surface area contributed by atoms with Crippen molar-refractivity contribution >= 4 is 0 Å². The van der Waals surface area contributed by atoms with E-state index in [9.17, 15) is 13.2 Å². The lowest BCUT2D eigenvalue weighted by atomic mass is 9.83. The van der Waals surface area contributed by atoms with E-state index in [-0.39, 0.29) is 11.6 Å². The van der Waals surface area contributed by atoms with Crippen LogP contribution in [0.15, 0.2) is 30.5 Å². The molecule has 0 bridgehead atoms. The minimum absolute atomic E-state index is 0.0286. The van der Waals surface area contributed by atoms with E-state index in [4.69, 9.17) is 0 Å². The monoisotopic (exact) mass is 401 g/mol. The minimum Gasteiger partial charge on any atom is -0.309 e. The second kappa shape index (κ2) is 6.71. The van der Waals surface area contributed by atoms with Crippen LogP contribution in [-0.2, 0) is 19.1 Å². The average Bonchev–Trinajstić information content (AvgIpc) is 3.44. The van der Waals surface area contributed by atoms with Gasteiger partial charge in [0.05, 0.1) is 17.4 Å². The summed E-state index contributed by atoms with van der Waals surface area (Å²) >= 11 is 0. The van der Waals surface area contributed by atoms with Gasteiger partial charge < -0.3 is 4.57 Å². The lowest BCUT2D eigenvalue weighted by Gasteiger charge is -2.29. The van der Waals surface area contributed by atoms with Crippen LogP contribution < -0.4 is 0 Å². The zero-order valence-electron chi connectivity index (χ0n) is 16.2. The number of rotatable bonds is 3. The summed E-state index contributed by atoms with van der Waals surface area (Å²) in [6.45, 7) is 2.80. The number of alkyl halides is 3. The van der Waals surface area contributed by atoms with Crippen molar-refractivity contribution in [2.24, 2.45) is 5.92 Å². The van der Waals surface area contributed by atoms with Gasteiger partial charge >= 0.3 is 6.18 Å². The SMILES string of the molecule is CCc1nnc2n1CC(C1CCCC1)c1cnn(-c3ccccc3C(F)(F)F)c1-2. The first-order valence-corrected chi connectivity index (χ1v) is 10.2. The Kier molecular flexibility index (Phi) is 4.26. The van der Waals surface area contributed by atoms with Gasteiger partial charge in [-0.25, -0.2) is 4.68 Å². The van der Waals surface area contributed by atoms with Crippen molar-refractivity contribution in [2.75, 3.05) is 0 Å². The predicted octanol–water partition coefficient (Wildman–Crippen LogP) is 5.00. The topological polar surface area (TPSA) is 48.5 Å². The van der Waals surface area contributed by atoms with Gasteiger partial charge in [0.25, 0.3) is 0 Å². The number of para-hydroxylation sites is 1. The molecule has 152 valence electrons. The fourth-order valence-electron chi connectivity index (χ4n) is 4.96. The molecule has 1 fully saturated rings. The number of aryl methyl sites for hydroxylation is 1. The third-order valence-electron chi connectivity index (χ3n) is 6.34. The van der Waals surface area contributed by atoms with Gasteiger partial charge in [0.15, 0.2) is 5.82 Å². The van der Waals surface area contributed by atoms with Gasteiger partial charge in [-0.1, -0.05) is 31.9 Å². The first-order valence-electron chi connectivity index (χ1n) is 10.2. The van der Waals surface area contributed by atoms with Crippen LogP contribution in [0.4, 0.5) is 13.2 Å². The number of hydrogen-bond donors (Lipinski definition) is 0. The fourth-order valence-corrected chi connectivity index (χ4v) is 4.96. The number of hydrogen-bond acceptors (Lipinski definition) is 3. The summed E-state index contributed by atoms with van der Waals surface area (Å²) in [6, 6.07) is 5.58. The molecule has 1 aromatic carbocycles. The van der Waals surface area contributed by atoms with Gasteiger partial charge in [0.1, 0.15) is 11.5 Å². The van der Waals surface area contributed by atoms with E-state index in [2.05, 4.69) is 19.9 Å². The van der Waals surface area contributed by atoms with E-state index >= 15 is 0 Å². The largest absolute Gasteiger partial charge is 0.418 e. The molecule has 5 rings (SSSR count). The molecular weight excluding hydrogens is 379 g/mol. The summed E-state index contributed by atoms with van der Waals surface area (Å²) in [7, 11) is 0. The molecule has 1 unspecified atom stereocenters. The Bertz CT molecular complexity index is 1040. The van der Waals surface area contributed by atoms with E-state index in [0.717, 1.165) is 43.3 Å². The van der Waals surface area contributed by atoms with E-state index in [1.807, 2.05) is 6.92 Å². The third kappa shape index (κ3) is 2.88. The summed E-state index contributed by atoms with van der Waals surface area (Å²) in [5.74, 6) is 2.23. The normalized spacial score (nSPS) is 19.4. The predicted molar refractivity (Wildman–Crippen MR) is 102 cm³/mol. The molecule has 3 aromatic rings. The Morgan fingerprint density at radius 2 is 1.86 bits per heavy atom. The van der Waals surface area contributed by atoms with Gasteiger partial charge in [-0.2, -0.15) is 18.3 Å². The standard InChI is InChI=1S/C21H22F3N5/c1-2-18-26-27-20-19-14(15(12-28(18)20)13-7-3-4-8-13)11-25-29(19)17-10-6-5-9-16(17)21(22,23)24/h5-6,9-11,13,15H,2-4,7-8,12H2,1H3. The maximum Gasteiger partial charge on any atom is 0.418 e. The van der Waals surface area contributed by atoms with Crippen molar-refractivity contribution in [2.45, 2.75) is 57.7 Å². The Balaban J connectivity index is 1.73. The van der Waals surface area contributed by atoms with Gasteiger partial charge in [-0.3, -0.25) is 0 Å². The summed E-state index contributed by atoms with van der Waals surface area (Å²) in [4.78, 5) is 0. The van der Waals surface area contributed by atoms with Crippen LogP contribution in [0.3, 0.4) is 0 Å². The third-order valence-corrected chi connectivity index (χ3v) is 6.34. The van der Waals surface area contributed by atoms with Crippen LogP contribution in [0.5, 0.6) is 0 Å². The second-order valence-electron chi connectivity index (χ2n) is 7.93. The quantitative estimate of drug-likeness (QED) is 0.621. The van der Waals surface area contributed by atoms with Gasteiger partial charge in [0, 0.05) is 24.4 Å². The number of benzene rings is 1. The molecule has 1 aliphatic carbocycles. The summed E-state index contributed by atoms with van der Waals surface area (Å²) in [6.07, 6.45) is 2.72. The molecule has 8 heteroatoms. The Morgan fingerprint density at radius 1 is 1.10 bits per heavy atom. The molecular formula is C21H22F3N5. The number of fused-ring (bicyclic) bond motifs is 3. The molecule has 3 heterocycles. The Hall–Kier alpha value is -2.64. The molecule has 0 amide bonds. The van der Waals surface area contributed by atoms with Crippen molar-refractivity contribution in [3.8, 4) is 17.2 Å². The van der Waals surface area contributed by atoms with Gasteiger partial charge in [-0.05, 0) is 30.9 Å². The van der Waals surface area contributed by atoms with Gasteiger partial charge in [0.2, 0.25) is 0 Å². The molecule has 5 nitrogen and oxygen atoms in total. The van der Waals surface area contributed by atoms with E-state index in [1.54, 1.807) is 12.3 Å². The van der Waals surface area contributed by atoms with Crippen LogP contribution in [0.1, 0.15) is 55.5 Å². The lowest BCUT2D eigenvalue weighted by molar-refractivity contribution is -0.137. The first-order chi connectivity index (χ1) is 14.0. The smallest absolute Gasteiger partial charge is 0.309 e. The van der Waals surface area contributed by atoms with Crippen LogP contribution in [-0.4, -0.2) is 24.5 Å². The zero-order chi connectivity index (χ0) is 20.2. The number of aromatic nitrogens is 5. The summed E-state index contributed by atoms with van der Waals surface area (Å²) < 4.78 is 44.5. The van der Waals surface area contributed by atoms with Crippen molar-refractivity contribution in [3.05, 3.63) is 47.4 Å². The highest BCUT2D eigenvalue weighted by Gasteiger charge is 2.39. The second-order valence-corrected chi connectivity index (χ2v) is 7.93. The molecule has 1 atom stereocenters. The van der Waals surface area contributed by atoms with Crippen LogP contribution >= 0.6 is 0 Å². The van der Waals surface area contributed by atoms with E-state index < -0.39 is 11.7 Å². The summed E-state index contributed by atoms with van der Waals surface area (Å²) in [5.41, 5.74) is 0.977. The average molecular weight is 401 g/mol. The maximum atomic E-state index is 13.7. The molecule has 0 radical (unpaired) electrons. The maximum absolute atomic E-state index is 13.7. The molecule has 2 aromatic heterocycles. The highest BCUT2D eigenvalue weighted by Crippen LogP contribution is 2.46. The lowest BCUT2D eigenvalue weighted by Crippen LogP contribution is -2.24. The molecule has 1 saturated carbocycles. The van der Waals surface area contributed by atoms with Crippen molar-refractivity contribution in [1.29, 1.82) is 0 Å². The number of halogens is 3. The van der Waals surface area contributed by atoms with E-state index in [0.29, 0.717) is 17.4 Å². The van der Waals surface area contributed by atoms with Crippen molar-refractivity contribution < 1.29 is 13.2 Å². The van der Waals surface area contributed by atoms with Crippen molar-refractivity contribution in [1.82, 2.24) is 24.5 Å². The Labute approximate surface area is 166 Å². The number of nitrogens with zero attached hydrogens (tertiary/aromatic N) is 5. The van der Waals surface area contributed by atoms with Crippen LogP contribution in [0.2, 0.25) is 0 Å². The molecule has 0 spiro atoms. The van der Waals surface area contributed by atoms with Crippen LogP contribution in [0, 0.1) is 5.92 Å². The highest BCUT2D eigenvalue weighted by atomic mass is 19.4. The molecule has 1 aliphatic heterocycles. The molecule has 0 N–H and O–H groups in total. The first kappa shape index (κ1) is 18.4. The molecule has 0 saturated heterocycles. The Morgan fingerprint density at radius 3 is 2.59 bits per heavy atom. The van der Waals surface area contributed by atoms with Crippen molar-refractivity contribution in [3.63, 3.8) is 0 Å². The summed E-state index contributed by atoms with van der Waals surface area (Å²) in [5, 5.41) is 13.1. The molecule has 2 aliphatic rings. The minimum atomic E-state index is -4.46. The molecule has 29 heavy (non-hydrogen) atoms.